The highest BCUT2D eigenvalue weighted by atomic mass is 32.2. The topological polar surface area (TPSA) is 79.1 Å². The largest absolute Gasteiger partial charge is 0.496 e. The van der Waals surface area contributed by atoms with Crippen LogP contribution >= 0.6 is 0 Å². The average molecular weight is 439 g/mol. The van der Waals surface area contributed by atoms with Crippen molar-refractivity contribution >= 4 is 15.5 Å². The zero-order chi connectivity index (χ0) is 22.2. The lowest BCUT2D eigenvalue weighted by molar-refractivity contribution is 0.355. The fourth-order valence-electron chi connectivity index (χ4n) is 3.57. The molecule has 0 aliphatic rings. The summed E-state index contributed by atoms with van der Waals surface area (Å²) < 4.78 is 43.2. The maximum Gasteiger partial charge on any atom is 0.179 e. The minimum Gasteiger partial charge on any atom is -0.496 e. The van der Waals surface area contributed by atoms with Crippen molar-refractivity contribution in [2.24, 2.45) is 0 Å². The highest BCUT2D eigenvalue weighted by Crippen LogP contribution is 2.36. The molecule has 31 heavy (non-hydrogen) atoms. The smallest absolute Gasteiger partial charge is 0.179 e. The quantitative estimate of drug-likeness (QED) is 0.451. The van der Waals surface area contributed by atoms with Gasteiger partial charge in [-0.15, -0.1) is 0 Å². The Morgan fingerprint density at radius 3 is 2.23 bits per heavy atom. The summed E-state index contributed by atoms with van der Waals surface area (Å²) in [7, 11) is 1.18. The number of hydrogen-bond donors (Lipinski definition) is 0. The van der Waals surface area contributed by atoms with Crippen LogP contribution in [0.5, 0.6) is 17.2 Å². The highest BCUT2D eigenvalue weighted by Gasteiger charge is 2.20. The number of hydrogen-bond acceptors (Lipinski definition) is 6. The number of imidazole rings is 1. The minimum absolute atomic E-state index is 0.141. The summed E-state index contributed by atoms with van der Waals surface area (Å²) in [5.74, 6) is 1.82. The van der Waals surface area contributed by atoms with Gasteiger partial charge in [0.05, 0.1) is 33.2 Å². The van der Waals surface area contributed by atoms with E-state index in [4.69, 9.17) is 14.2 Å². The van der Waals surface area contributed by atoms with Gasteiger partial charge in [-0.2, -0.15) is 0 Å². The van der Waals surface area contributed by atoms with Gasteiger partial charge in [0, 0.05) is 29.1 Å². The number of aromatic nitrogens is 2. The summed E-state index contributed by atoms with van der Waals surface area (Å²) in [4.78, 5) is 4.56. The molecule has 2 heterocycles. The van der Waals surface area contributed by atoms with Gasteiger partial charge in [0.15, 0.2) is 27.0 Å². The number of benzene rings is 2. The summed E-state index contributed by atoms with van der Waals surface area (Å²) in [5.41, 5.74) is 3.36. The molecule has 0 aliphatic carbocycles. The predicted molar refractivity (Wildman–Crippen MR) is 119 cm³/mol. The number of sulfone groups is 1. The molecule has 7 nitrogen and oxygen atoms in total. The summed E-state index contributed by atoms with van der Waals surface area (Å²) in [5, 5.41) is 0. The van der Waals surface area contributed by atoms with E-state index in [-0.39, 0.29) is 4.90 Å². The molecular formula is C23H22N2O5S. The van der Waals surface area contributed by atoms with E-state index < -0.39 is 9.84 Å². The molecule has 0 saturated heterocycles. The molecule has 8 heteroatoms. The van der Waals surface area contributed by atoms with E-state index in [1.807, 2.05) is 42.6 Å². The standard InChI is InChI=1S/C23H22N2O5S/c1-28-19-8-6-5-7-17(19)16-12-22(31(4,26)27)23-24-13-18(25(23)14-16)15-9-10-20(29-2)21(11-15)30-3/h5-14H,1-4H3. The second-order valence-electron chi connectivity index (χ2n) is 6.97. The number of fused-ring (bicyclic) bond motifs is 1. The SMILES string of the molecule is COc1ccc(-c2cnc3c(S(C)(=O)=O)cc(-c4ccccc4OC)cn23)cc1OC. The Hall–Kier alpha value is -3.52. The molecule has 0 fully saturated rings. The van der Waals surface area contributed by atoms with Crippen LogP contribution in [0, 0.1) is 0 Å². The van der Waals surface area contributed by atoms with Crippen molar-refractivity contribution in [3.05, 3.63) is 60.9 Å². The molecule has 4 rings (SSSR count). The zero-order valence-electron chi connectivity index (χ0n) is 17.6. The first-order chi connectivity index (χ1) is 14.9. The van der Waals surface area contributed by atoms with Gasteiger partial charge in [-0.3, -0.25) is 4.40 Å². The van der Waals surface area contributed by atoms with E-state index in [1.165, 1.54) is 6.26 Å². The van der Waals surface area contributed by atoms with Crippen molar-refractivity contribution in [3.8, 4) is 39.6 Å². The summed E-state index contributed by atoms with van der Waals surface area (Å²) in [6.07, 6.45) is 4.69. The van der Waals surface area contributed by atoms with Crippen LogP contribution in [0.2, 0.25) is 0 Å². The fourth-order valence-corrected chi connectivity index (χ4v) is 4.39. The van der Waals surface area contributed by atoms with Crippen LogP contribution in [0.1, 0.15) is 0 Å². The van der Waals surface area contributed by atoms with E-state index in [0.29, 0.717) is 28.5 Å². The monoisotopic (exact) mass is 438 g/mol. The average Bonchev–Trinajstić information content (AvgIpc) is 3.21. The Labute approximate surface area is 180 Å². The van der Waals surface area contributed by atoms with Gasteiger partial charge in [0.1, 0.15) is 10.6 Å². The lowest BCUT2D eigenvalue weighted by Crippen LogP contribution is -2.03. The Kier molecular flexibility index (Phi) is 5.32. The first-order valence-corrected chi connectivity index (χ1v) is 11.3. The normalized spacial score (nSPS) is 11.5. The van der Waals surface area contributed by atoms with Gasteiger partial charge in [-0.05, 0) is 30.3 Å². The molecule has 0 bridgehead atoms. The van der Waals surface area contributed by atoms with E-state index in [9.17, 15) is 8.42 Å². The van der Waals surface area contributed by atoms with Crippen LogP contribution in [-0.2, 0) is 9.84 Å². The number of methoxy groups -OCH3 is 3. The fraction of sp³-hybridized carbons (Fsp3) is 0.174. The van der Waals surface area contributed by atoms with Crippen LogP contribution in [-0.4, -0.2) is 45.4 Å². The molecule has 0 atom stereocenters. The molecule has 0 aliphatic heterocycles. The summed E-state index contributed by atoms with van der Waals surface area (Å²) >= 11 is 0. The minimum atomic E-state index is -3.54. The van der Waals surface area contributed by atoms with Crippen molar-refractivity contribution < 1.29 is 22.6 Å². The molecule has 0 N–H and O–H groups in total. The maximum absolute atomic E-state index is 12.6. The third-order valence-electron chi connectivity index (χ3n) is 5.07. The molecule has 2 aromatic carbocycles. The number of pyridine rings is 1. The number of rotatable bonds is 6. The highest BCUT2D eigenvalue weighted by molar-refractivity contribution is 7.91. The van der Waals surface area contributed by atoms with Gasteiger partial charge >= 0.3 is 0 Å². The molecule has 0 unspecified atom stereocenters. The van der Waals surface area contributed by atoms with Crippen LogP contribution in [0.4, 0.5) is 0 Å². The van der Waals surface area contributed by atoms with Gasteiger partial charge < -0.3 is 14.2 Å². The van der Waals surface area contributed by atoms with Gasteiger partial charge in [-0.1, -0.05) is 18.2 Å². The molecule has 0 radical (unpaired) electrons. The number of nitrogens with zero attached hydrogens (tertiary/aromatic N) is 2. The lowest BCUT2D eigenvalue weighted by atomic mass is 10.1. The van der Waals surface area contributed by atoms with Crippen molar-refractivity contribution in [3.63, 3.8) is 0 Å². The second-order valence-corrected chi connectivity index (χ2v) is 8.96. The van der Waals surface area contributed by atoms with E-state index in [1.54, 1.807) is 44.1 Å². The van der Waals surface area contributed by atoms with E-state index >= 15 is 0 Å². The summed E-state index contributed by atoms with van der Waals surface area (Å²) in [6.45, 7) is 0. The predicted octanol–water partition coefficient (Wildman–Crippen LogP) is 4.10. The first kappa shape index (κ1) is 20.7. The van der Waals surface area contributed by atoms with Crippen LogP contribution in [0.3, 0.4) is 0 Å². The molecular weight excluding hydrogens is 416 g/mol. The zero-order valence-corrected chi connectivity index (χ0v) is 18.4. The van der Waals surface area contributed by atoms with Gasteiger partial charge in [-0.25, -0.2) is 13.4 Å². The molecule has 0 saturated carbocycles. The third-order valence-corrected chi connectivity index (χ3v) is 6.17. The molecule has 0 amide bonds. The first-order valence-electron chi connectivity index (χ1n) is 9.44. The molecule has 2 aromatic heterocycles. The number of para-hydroxylation sites is 1. The summed E-state index contributed by atoms with van der Waals surface area (Å²) in [6, 6.07) is 14.6. The van der Waals surface area contributed by atoms with Crippen molar-refractivity contribution in [1.82, 2.24) is 9.38 Å². The molecule has 0 spiro atoms. The van der Waals surface area contributed by atoms with Crippen LogP contribution in [0.15, 0.2) is 65.8 Å². The van der Waals surface area contributed by atoms with E-state index in [2.05, 4.69) is 4.98 Å². The van der Waals surface area contributed by atoms with Crippen LogP contribution < -0.4 is 14.2 Å². The van der Waals surface area contributed by atoms with Crippen molar-refractivity contribution in [2.45, 2.75) is 4.90 Å². The van der Waals surface area contributed by atoms with Gasteiger partial charge in [0.2, 0.25) is 0 Å². The van der Waals surface area contributed by atoms with Crippen LogP contribution in [0.25, 0.3) is 28.0 Å². The van der Waals surface area contributed by atoms with Crippen molar-refractivity contribution in [1.29, 1.82) is 0 Å². The van der Waals surface area contributed by atoms with E-state index in [0.717, 1.165) is 16.8 Å². The lowest BCUT2D eigenvalue weighted by Gasteiger charge is -2.13. The number of ether oxygens (including phenoxy) is 3. The molecule has 160 valence electrons. The maximum atomic E-state index is 12.6. The second kappa shape index (κ2) is 7.96. The van der Waals surface area contributed by atoms with Crippen molar-refractivity contribution in [2.75, 3.05) is 27.6 Å². The Morgan fingerprint density at radius 1 is 0.839 bits per heavy atom. The van der Waals surface area contributed by atoms with Gasteiger partial charge in [0.25, 0.3) is 0 Å². The Balaban J connectivity index is 2.02. The Morgan fingerprint density at radius 2 is 1.55 bits per heavy atom. The molecule has 4 aromatic rings. The third kappa shape index (κ3) is 3.70. The Bertz CT molecular complexity index is 1380.